The molecule has 7 heteroatoms. The minimum atomic E-state index is -0.584. The lowest BCUT2D eigenvalue weighted by Crippen LogP contribution is -2.50. The van der Waals surface area contributed by atoms with Gasteiger partial charge in [-0.25, -0.2) is 0 Å². The van der Waals surface area contributed by atoms with Gasteiger partial charge in [0.05, 0.1) is 14.2 Å². The first kappa shape index (κ1) is 26.5. The third kappa shape index (κ3) is 6.80. The highest BCUT2D eigenvalue weighted by Crippen LogP contribution is 2.28. The van der Waals surface area contributed by atoms with Gasteiger partial charge < -0.3 is 20.1 Å². The van der Waals surface area contributed by atoms with Crippen molar-refractivity contribution in [2.45, 2.75) is 45.3 Å². The molecule has 0 saturated carbocycles. The van der Waals surface area contributed by atoms with Crippen molar-refractivity contribution in [1.82, 2.24) is 15.5 Å². The minimum absolute atomic E-state index is 0.0416. The summed E-state index contributed by atoms with van der Waals surface area (Å²) in [5.41, 5.74) is 1.69. The van der Waals surface area contributed by atoms with Crippen LogP contribution in [0.25, 0.3) is 10.8 Å². The highest BCUT2D eigenvalue weighted by atomic mass is 16.5. The molecular formula is C30H37N3O4. The summed E-state index contributed by atoms with van der Waals surface area (Å²) < 4.78 is 10.8. The van der Waals surface area contributed by atoms with Crippen molar-refractivity contribution in [2.75, 3.05) is 27.3 Å². The number of nitrogens with one attached hydrogen (secondary N) is 2. The van der Waals surface area contributed by atoms with E-state index in [2.05, 4.69) is 29.4 Å². The lowest BCUT2D eigenvalue weighted by atomic mass is 10.0. The number of ether oxygens (including phenoxy) is 2. The van der Waals surface area contributed by atoms with Crippen molar-refractivity contribution in [2.24, 2.45) is 5.92 Å². The summed E-state index contributed by atoms with van der Waals surface area (Å²) in [5, 5.41) is 8.25. The molecule has 0 unspecified atom stereocenters. The molecule has 1 fully saturated rings. The molecule has 1 aliphatic rings. The van der Waals surface area contributed by atoms with Crippen LogP contribution in [-0.4, -0.2) is 56.1 Å². The Morgan fingerprint density at radius 3 is 2.46 bits per heavy atom. The molecule has 0 spiro atoms. The lowest BCUT2D eigenvalue weighted by molar-refractivity contribution is -0.124. The molecule has 0 radical (unpaired) electrons. The fourth-order valence-corrected chi connectivity index (χ4v) is 4.91. The molecule has 0 bridgehead atoms. The summed E-state index contributed by atoms with van der Waals surface area (Å²) in [6.07, 6.45) is 1.44. The number of likely N-dealkylation sites (tertiary alicyclic amines) is 1. The number of carbonyl (C=O) groups is 2. The van der Waals surface area contributed by atoms with Gasteiger partial charge in [0, 0.05) is 31.2 Å². The summed E-state index contributed by atoms with van der Waals surface area (Å²) in [7, 11) is 3.26. The van der Waals surface area contributed by atoms with Crippen molar-refractivity contribution < 1.29 is 19.1 Å². The second-order valence-electron chi connectivity index (χ2n) is 10.1. The number of carbonyl (C=O) groups excluding carboxylic acids is 2. The largest absolute Gasteiger partial charge is 0.493 e. The molecule has 1 saturated heterocycles. The number of benzene rings is 3. The standard InChI is InChI=1S/C30H37N3O4/c1-20(2)15-26(32-29(34)24-11-10-22-7-5-6-8-23(22)17-24)30(35)31-25-13-14-33(19-25)18-21-9-12-27(36-3)28(16-21)37-4/h5-12,16-17,20,25-26H,13-15,18-19H2,1-4H3,(H,31,35)(H,32,34)/t25-,26-/m0/s1. The Balaban J connectivity index is 1.36. The van der Waals surface area contributed by atoms with Crippen molar-refractivity contribution >= 4 is 22.6 Å². The quantitative estimate of drug-likeness (QED) is 0.429. The molecular weight excluding hydrogens is 466 g/mol. The fraction of sp³-hybridized carbons (Fsp3) is 0.400. The van der Waals surface area contributed by atoms with E-state index in [0.29, 0.717) is 23.5 Å². The van der Waals surface area contributed by atoms with Gasteiger partial charge in [0.25, 0.3) is 5.91 Å². The van der Waals surface area contributed by atoms with Crippen molar-refractivity contribution in [3.05, 3.63) is 71.8 Å². The zero-order chi connectivity index (χ0) is 26.4. The average Bonchev–Trinajstić information content (AvgIpc) is 3.33. The Kier molecular flexibility index (Phi) is 8.66. The topological polar surface area (TPSA) is 79.9 Å². The van der Waals surface area contributed by atoms with Crippen LogP contribution in [0.4, 0.5) is 0 Å². The number of rotatable bonds is 10. The van der Waals surface area contributed by atoms with Gasteiger partial charge in [-0.3, -0.25) is 14.5 Å². The smallest absolute Gasteiger partial charge is 0.251 e. The van der Waals surface area contributed by atoms with Gasteiger partial charge in [-0.2, -0.15) is 0 Å². The third-order valence-corrected chi connectivity index (χ3v) is 6.81. The van der Waals surface area contributed by atoms with E-state index in [1.165, 1.54) is 0 Å². The van der Waals surface area contributed by atoms with Crippen molar-refractivity contribution in [3.8, 4) is 11.5 Å². The van der Waals surface area contributed by atoms with E-state index in [-0.39, 0.29) is 23.8 Å². The monoisotopic (exact) mass is 503 g/mol. The van der Waals surface area contributed by atoms with Crippen molar-refractivity contribution in [3.63, 3.8) is 0 Å². The van der Waals surface area contributed by atoms with Crippen molar-refractivity contribution in [1.29, 1.82) is 0 Å². The molecule has 3 aromatic rings. The number of hydrogen-bond acceptors (Lipinski definition) is 5. The van der Waals surface area contributed by atoms with Gasteiger partial charge in [0.2, 0.25) is 5.91 Å². The van der Waals surface area contributed by atoms with E-state index >= 15 is 0 Å². The van der Waals surface area contributed by atoms with E-state index in [9.17, 15) is 9.59 Å². The van der Waals surface area contributed by atoms with E-state index in [1.807, 2.05) is 60.7 Å². The minimum Gasteiger partial charge on any atom is -0.493 e. The highest BCUT2D eigenvalue weighted by Gasteiger charge is 2.28. The Labute approximate surface area is 219 Å². The second kappa shape index (κ2) is 12.1. The Morgan fingerprint density at radius 1 is 0.973 bits per heavy atom. The molecule has 7 nitrogen and oxygen atoms in total. The molecule has 2 atom stereocenters. The fourth-order valence-electron chi connectivity index (χ4n) is 4.91. The number of hydrogen-bond donors (Lipinski definition) is 2. The van der Waals surface area contributed by atoms with Crippen LogP contribution in [0.3, 0.4) is 0 Å². The predicted molar refractivity (Wildman–Crippen MR) is 146 cm³/mol. The summed E-state index contributed by atoms with van der Waals surface area (Å²) in [4.78, 5) is 28.6. The number of methoxy groups -OCH3 is 2. The van der Waals surface area contributed by atoms with Gasteiger partial charge >= 0.3 is 0 Å². The Bertz CT molecular complexity index is 1240. The normalized spacial score (nSPS) is 16.5. The lowest BCUT2D eigenvalue weighted by Gasteiger charge is -2.23. The van der Waals surface area contributed by atoms with Crippen LogP contribution in [0.2, 0.25) is 0 Å². The van der Waals surface area contributed by atoms with Crippen LogP contribution in [0.5, 0.6) is 11.5 Å². The number of amides is 2. The van der Waals surface area contributed by atoms with Crippen LogP contribution in [0.1, 0.15) is 42.6 Å². The van der Waals surface area contributed by atoms with Gasteiger partial charge in [0.1, 0.15) is 6.04 Å². The van der Waals surface area contributed by atoms with Crippen LogP contribution in [0, 0.1) is 5.92 Å². The third-order valence-electron chi connectivity index (χ3n) is 6.81. The Morgan fingerprint density at radius 2 is 1.73 bits per heavy atom. The summed E-state index contributed by atoms with van der Waals surface area (Å²) >= 11 is 0. The van der Waals surface area contributed by atoms with Gasteiger partial charge in [-0.15, -0.1) is 0 Å². The predicted octanol–water partition coefficient (Wildman–Crippen LogP) is 4.39. The number of fused-ring (bicyclic) bond motifs is 1. The Hall–Kier alpha value is -3.58. The first-order valence-corrected chi connectivity index (χ1v) is 12.9. The van der Waals surface area contributed by atoms with Gasteiger partial charge in [-0.05, 0) is 59.4 Å². The van der Waals surface area contributed by atoms with Crippen LogP contribution in [0.15, 0.2) is 60.7 Å². The van der Waals surface area contributed by atoms with Crippen LogP contribution in [-0.2, 0) is 11.3 Å². The maximum Gasteiger partial charge on any atom is 0.251 e. The molecule has 3 aromatic carbocycles. The molecule has 0 aliphatic carbocycles. The molecule has 0 aromatic heterocycles. The SMILES string of the molecule is COc1ccc(CN2CC[C@H](NC(=O)[C@H](CC(C)C)NC(=O)c3ccc4ccccc4c3)C2)cc1OC. The molecule has 4 rings (SSSR count). The first-order chi connectivity index (χ1) is 17.9. The van der Waals surface area contributed by atoms with Crippen LogP contribution >= 0.6 is 0 Å². The van der Waals surface area contributed by atoms with E-state index in [1.54, 1.807) is 14.2 Å². The van der Waals surface area contributed by atoms with Gasteiger partial charge in [-0.1, -0.05) is 50.2 Å². The molecule has 2 N–H and O–H groups in total. The maximum atomic E-state index is 13.3. The summed E-state index contributed by atoms with van der Waals surface area (Å²) in [5.74, 6) is 1.33. The van der Waals surface area contributed by atoms with Crippen LogP contribution < -0.4 is 20.1 Å². The first-order valence-electron chi connectivity index (χ1n) is 12.9. The zero-order valence-electron chi connectivity index (χ0n) is 22.1. The van der Waals surface area contributed by atoms with E-state index in [4.69, 9.17) is 9.47 Å². The second-order valence-corrected chi connectivity index (χ2v) is 10.1. The molecule has 37 heavy (non-hydrogen) atoms. The average molecular weight is 504 g/mol. The zero-order valence-corrected chi connectivity index (χ0v) is 22.1. The van der Waals surface area contributed by atoms with E-state index in [0.717, 1.165) is 42.4 Å². The van der Waals surface area contributed by atoms with Gasteiger partial charge in [0.15, 0.2) is 11.5 Å². The molecule has 2 amide bonds. The summed E-state index contributed by atoms with van der Waals surface area (Å²) in [6, 6.07) is 19.0. The maximum absolute atomic E-state index is 13.3. The highest BCUT2D eigenvalue weighted by molar-refractivity contribution is 6.00. The molecule has 1 heterocycles. The molecule has 196 valence electrons. The van der Waals surface area contributed by atoms with E-state index < -0.39 is 6.04 Å². The molecule has 1 aliphatic heterocycles. The number of nitrogens with zero attached hydrogens (tertiary/aromatic N) is 1. The summed E-state index contributed by atoms with van der Waals surface area (Å²) in [6.45, 7) is 6.53.